The molecule has 5 nitrogen and oxygen atoms in total. The van der Waals surface area contributed by atoms with E-state index in [2.05, 4.69) is 20.1 Å². The number of nitrogens with one attached hydrogen (secondary N) is 1. The van der Waals surface area contributed by atoms with Crippen molar-refractivity contribution in [3.63, 3.8) is 0 Å². The Labute approximate surface area is 82.7 Å². The van der Waals surface area contributed by atoms with E-state index in [1.54, 1.807) is 0 Å². The summed E-state index contributed by atoms with van der Waals surface area (Å²) >= 11 is 0. The molecule has 1 aromatic heterocycles. The van der Waals surface area contributed by atoms with E-state index in [1.165, 1.54) is 25.7 Å². The van der Waals surface area contributed by atoms with Crippen LogP contribution in [0.1, 0.15) is 37.5 Å². The molecule has 0 unspecified atom stereocenters. The largest absolute Gasteiger partial charge is 0.352 e. The van der Waals surface area contributed by atoms with Crippen LogP contribution >= 0.6 is 0 Å². The SMILES string of the molecule is NCc1nnc(NC2CC2)n1C1CC1. The molecular weight excluding hydrogens is 178 g/mol. The van der Waals surface area contributed by atoms with E-state index in [-0.39, 0.29) is 0 Å². The van der Waals surface area contributed by atoms with Crippen LogP contribution in [0.25, 0.3) is 0 Å². The van der Waals surface area contributed by atoms with E-state index in [0.29, 0.717) is 18.6 Å². The van der Waals surface area contributed by atoms with E-state index in [4.69, 9.17) is 5.73 Å². The Morgan fingerprint density at radius 3 is 2.64 bits per heavy atom. The second kappa shape index (κ2) is 2.95. The fourth-order valence-electron chi connectivity index (χ4n) is 1.69. The molecule has 1 aromatic rings. The van der Waals surface area contributed by atoms with Gasteiger partial charge in [-0.1, -0.05) is 0 Å². The van der Waals surface area contributed by atoms with Gasteiger partial charge in [0.25, 0.3) is 0 Å². The molecule has 0 atom stereocenters. The van der Waals surface area contributed by atoms with Crippen molar-refractivity contribution < 1.29 is 0 Å². The molecule has 76 valence electrons. The fourth-order valence-corrected chi connectivity index (χ4v) is 1.69. The summed E-state index contributed by atoms with van der Waals surface area (Å²) in [4.78, 5) is 0. The van der Waals surface area contributed by atoms with Gasteiger partial charge in [-0.15, -0.1) is 10.2 Å². The monoisotopic (exact) mass is 193 g/mol. The highest BCUT2D eigenvalue weighted by Crippen LogP contribution is 2.38. The molecule has 0 aliphatic heterocycles. The van der Waals surface area contributed by atoms with Crippen LogP contribution in [0.3, 0.4) is 0 Å². The number of nitrogens with two attached hydrogens (primary N) is 1. The number of hydrogen-bond donors (Lipinski definition) is 2. The van der Waals surface area contributed by atoms with Crippen molar-refractivity contribution >= 4 is 5.95 Å². The summed E-state index contributed by atoms with van der Waals surface area (Å²) in [6, 6.07) is 1.23. The lowest BCUT2D eigenvalue weighted by Crippen LogP contribution is -2.12. The number of rotatable bonds is 4. The van der Waals surface area contributed by atoms with Gasteiger partial charge in [0.15, 0.2) is 0 Å². The maximum absolute atomic E-state index is 5.62. The van der Waals surface area contributed by atoms with Gasteiger partial charge < -0.3 is 11.1 Å². The first-order valence-electron chi connectivity index (χ1n) is 5.29. The van der Waals surface area contributed by atoms with E-state index in [1.807, 2.05) is 0 Å². The number of nitrogens with zero attached hydrogens (tertiary/aromatic N) is 3. The molecule has 0 radical (unpaired) electrons. The predicted molar refractivity (Wildman–Crippen MR) is 52.8 cm³/mol. The standard InChI is InChI=1S/C9H15N5/c10-5-8-12-13-9(11-6-1-2-6)14(8)7-3-4-7/h6-7H,1-5,10H2,(H,11,13). The molecule has 0 bridgehead atoms. The zero-order valence-corrected chi connectivity index (χ0v) is 8.11. The van der Waals surface area contributed by atoms with Crippen LogP contribution in [0.15, 0.2) is 0 Å². The molecule has 0 saturated heterocycles. The van der Waals surface area contributed by atoms with E-state index < -0.39 is 0 Å². The third-order valence-electron chi connectivity index (χ3n) is 2.77. The summed E-state index contributed by atoms with van der Waals surface area (Å²) in [5.41, 5.74) is 5.62. The summed E-state index contributed by atoms with van der Waals surface area (Å²) in [7, 11) is 0. The zero-order valence-electron chi connectivity index (χ0n) is 8.11. The van der Waals surface area contributed by atoms with Gasteiger partial charge in [-0.3, -0.25) is 4.57 Å². The summed E-state index contributed by atoms with van der Waals surface area (Å²) < 4.78 is 2.18. The van der Waals surface area contributed by atoms with Crippen molar-refractivity contribution in [2.45, 2.75) is 44.3 Å². The maximum Gasteiger partial charge on any atom is 0.225 e. The van der Waals surface area contributed by atoms with E-state index >= 15 is 0 Å². The normalized spacial score (nSPS) is 21.2. The van der Waals surface area contributed by atoms with Gasteiger partial charge in [0.1, 0.15) is 5.82 Å². The van der Waals surface area contributed by atoms with Gasteiger partial charge in [-0.05, 0) is 25.7 Å². The highest BCUT2D eigenvalue weighted by molar-refractivity contribution is 5.31. The van der Waals surface area contributed by atoms with Gasteiger partial charge in [0.2, 0.25) is 5.95 Å². The van der Waals surface area contributed by atoms with Crippen LogP contribution < -0.4 is 11.1 Å². The Kier molecular flexibility index (Phi) is 1.73. The minimum atomic E-state index is 0.482. The molecule has 2 saturated carbocycles. The smallest absolute Gasteiger partial charge is 0.225 e. The fraction of sp³-hybridized carbons (Fsp3) is 0.778. The minimum Gasteiger partial charge on any atom is -0.352 e. The number of anilines is 1. The lowest BCUT2D eigenvalue weighted by Gasteiger charge is -2.08. The number of hydrogen-bond acceptors (Lipinski definition) is 4. The Morgan fingerprint density at radius 2 is 2.07 bits per heavy atom. The number of aromatic nitrogens is 3. The molecule has 3 rings (SSSR count). The van der Waals surface area contributed by atoms with Crippen molar-refractivity contribution in [3.8, 4) is 0 Å². The zero-order chi connectivity index (χ0) is 9.54. The van der Waals surface area contributed by atoms with Crippen molar-refractivity contribution in [2.75, 3.05) is 5.32 Å². The van der Waals surface area contributed by atoms with Crippen molar-refractivity contribution in [1.29, 1.82) is 0 Å². The van der Waals surface area contributed by atoms with Crippen LogP contribution in [-0.2, 0) is 6.54 Å². The Hall–Kier alpha value is -1.10. The highest BCUT2D eigenvalue weighted by Gasteiger charge is 2.31. The third kappa shape index (κ3) is 1.37. The molecule has 0 amide bonds. The Morgan fingerprint density at radius 1 is 1.29 bits per heavy atom. The first-order chi connectivity index (χ1) is 6.88. The van der Waals surface area contributed by atoms with Crippen LogP contribution in [-0.4, -0.2) is 20.8 Å². The summed E-state index contributed by atoms with van der Waals surface area (Å²) in [6.07, 6.45) is 5.00. The average Bonchev–Trinajstić information content (AvgIpc) is 3.07. The first kappa shape index (κ1) is 8.23. The quantitative estimate of drug-likeness (QED) is 0.736. The van der Waals surface area contributed by atoms with Crippen molar-refractivity contribution in [3.05, 3.63) is 5.82 Å². The molecule has 2 aliphatic carbocycles. The molecule has 2 fully saturated rings. The first-order valence-corrected chi connectivity index (χ1v) is 5.29. The molecule has 1 heterocycles. The van der Waals surface area contributed by atoms with Gasteiger partial charge in [0.05, 0.1) is 6.54 Å². The minimum absolute atomic E-state index is 0.482. The summed E-state index contributed by atoms with van der Waals surface area (Å²) in [5.74, 6) is 1.84. The van der Waals surface area contributed by atoms with Crippen molar-refractivity contribution in [2.24, 2.45) is 5.73 Å². The molecule has 0 spiro atoms. The molecule has 3 N–H and O–H groups in total. The van der Waals surface area contributed by atoms with Gasteiger partial charge >= 0.3 is 0 Å². The Balaban J connectivity index is 1.88. The van der Waals surface area contributed by atoms with Crippen LogP contribution in [0.5, 0.6) is 0 Å². The van der Waals surface area contributed by atoms with Crippen LogP contribution in [0.2, 0.25) is 0 Å². The second-order valence-electron chi connectivity index (χ2n) is 4.16. The van der Waals surface area contributed by atoms with Crippen LogP contribution in [0, 0.1) is 0 Å². The average molecular weight is 193 g/mol. The lowest BCUT2D eigenvalue weighted by molar-refractivity contribution is 0.684. The molecule has 14 heavy (non-hydrogen) atoms. The maximum atomic E-state index is 5.62. The molecule has 2 aliphatic rings. The van der Waals surface area contributed by atoms with E-state index in [9.17, 15) is 0 Å². The van der Waals surface area contributed by atoms with Gasteiger partial charge in [0, 0.05) is 12.1 Å². The van der Waals surface area contributed by atoms with Gasteiger partial charge in [-0.25, -0.2) is 0 Å². The second-order valence-corrected chi connectivity index (χ2v) is 4.16. The molecule has 5 heteroatoms. The van der Waals surface area contributed by atoms with Crippen molar-refractivity contribution in [1.82, 2.24) is 14.8 Å². The predicted octanol–water partition coefficient (Wildman–Crippen LogP) is 0.646. The molecule has 0 aromatic carbocycles. The highest BCUT2D eigenvalue weighted by atomic mass is 15.4. The Bertz CT molecular complexity index is 337. The third-order valence-corrected chi connectivity index (χ3v) is 2.77. The van der Waals surface area contributed by atoms with E-state index in [0.717, 1.165) is 11.8 Å². The van der Waals surface area contributed by atoms with Crippen LogP contribution in [0.4, 0.5) is 5.95 Å². The summed E-state index contributed by atoms with van der Waals surface area (Å²) in [6.45, 7) is 0.482. The topological polar surface area (TPSA) is 68.8 Å². The summed E-state index contributed by atoms with van der Waals surface area (Å²) in [5, 5.41) is 11.6. The van der Waals surface area contributed by atoms with Gasteiger partial charge in [-0.2, -0.15) is 0 Å². The molecular formula is C9H15N5. The lowest BCUT2D eigenvalue weighted by atomic mass is 10.5.